The van der Waals surface area contributed by atoms with Crippen LogP contribution in [0, 0.1) is 0 Å². The van der Waals surface area contributed by atoms with Gasteiger partial charge in [0.2, 0.25) is 0 Å². The largest absolute Gasteiger partial charge is 0.464 e. The average molecular weight is 212 g/mol. The minimum absolute atomic E-state index is 0.215. The number of aromatic amines is 1. The maximum Gasteiger partial charge on any atom is 0.359 e. The van der Waals surface area contributed by atoms with Crippen LogP contribution in [-0.4, -0.2) is 28.3 Å². The van der Waals surface area contributed by atoms with Gasteiger partial charge in [0.05, 0.1) is 18.0 Å². The first-order chi connectivity index (χ1) is 6.72. The van der Waals surface area contributed by atoms with E-state index < -0.39 is 5.97 Å². The standard InChI is InChI=1S/C8H6ClN3O2/c1-14-8(13)7-4-3-10-6(9)2-5(4)11-12-7/h2-3H,1H3,(H,11,12). The lowest BCUT2D eigenvalue weighted by atomic mass is 10.2. The molecule has 0 fully saturated rings. The number of hydrogen-bond donors (Lipinski definition) is 1. The first kappa shape index (κ1) is 8.96. The summed E-state index contributed by atoms with van der Waals surface area (Å²) in [6.07, 6.45) is 1.48. The summed E-state index contributed by atoms with van der Waals surface area (Å²) in [7, 11) is 1.30. The molecule has 0 atom stereocenters. The van der Waals surface area contributed by atoms with Crippen LogP contribution < -0.4 is 0 Å². The quantitative estimate of drug-likeness (QED) is 0.572. The molecule has 2 heterocycles. The summed E-state index contributed by atoms with van der Waals surface area (Å²) in [5, 5.41) is 7.42. The summed E-state index contributed by atoms with van der Waals surface area (Å²) in [6.45, 7) is 0. The SMILES string of the molecule is COC(=O)c1n[nH]c2cc(Cl)ncc12. The molecule has 0 saturated carbocycles. The molecule has 6 heteroatoms. The topological polar surface area (TPSA) is 67.9 Å². The highest BCUT2D eigenvalue weighted by Crippen LogP contribution is 2.18. The van der Waals surface area contributed by atoms with E-state index in [4.69, 9.17) is 11.6 Å². The fourth-order valence-corrected chi connectivity index (χ4v) is 1.30. The molecule has 14 heavy (non-hydrogen) atoms. The number of methoxy groups -OCH3 is 1. The number of halogens is 1. The van der Waals surface area contributed by atoms with E-state index in [1.54, 1.807) is 6.07 Å². The number of carbonyl (C=O) groups is 1. The van der Waals surface area contributed by atoms with Crippen molar-refractivity contribution in [2.24, 2.45) is 0 Å². The molecule has 0 radical (unpaired) electrons. The Hall–Kier alpha value is -1.62. The van der Waals surface area contributed by atoms with Crippen LogP contribution >= 0.6 is 11.6 Å². The van der Waals surface area contributed by atoms with E-state index >= 15 is 0 Å². The number of pyridine rings is 1. The predicted octanol–water partition coefficient (Wildman–Crippen LogP) is 1.40. The summed E-state index contributed by atoms with van der Waals surface area (Å²) in [6, 6.07) is 1.59. The summed E-state index contributed by atoms with van der Waals surface area (Å²) in [5.74, 6) is -0.500. The van der Waals surface area contributed by atoms with Gasteiger partial charge in [-0.05, 0) is 0 Å². The van der Waals surface area contributed by atoms with Gasteiger partial charge >= 0.3 is 5.97 Å². The van der Waals surface area contributed by atoms with Crippen LogP contribution in [0.25, 0.3) is 10.9 Å². The van der Waals surface area contributed by atoms with Crippen molar-refractivity contribution in [2.75, 3.05) is 7.11 Å². The van der Waals surface area contributed by atoms with Gasteiger partial charge in [0.25, 0.3) is 0 Å². The van der Waals surface area contributed by atoms with Crippen LogP contribution in [0.4, 0.5) is 0 Å². The lowest BCUT2D eigenvalue weighted by Gasteiger charge is -1.93. The van der Waals surface area contributed by atoms with Gasteiger partial charge in [-0.2, -0.15) is 5.10 Å². The molecular formula is C8H6ClN3O2. The molecule has 0 amide bonds. The maximum absolute atomic E-state index is 11.2. The molecule has 1 N–H and O–H groups in total. The lowest BCUT2D eigenvalue weighted by molar-refractivity contribution is 0.0596. The number of esters is 1. The van der Waals surface area contributed by atoms with Gasteiger partial charge < -0.3 is 4.74 Å². The van der Waals surface area contributed by atoms with E-state index in [2.05, 4.69) is 19.9 Å². The second-order valence-corrected chi connectivity index (χ2v) is 3.00. The minimum Gasteiger partial charge on any atom is -0.464 e. The van der Waals surface area contributed by atoms with E-state index in [1.807, 2.05) is 0 Å². The second-order valence-electron chi connectivity index (χ2n) is 2.62. The Labute approximate surface area is 84.0 Å². The third-order valence-corrected chi connectivity index (χ3v) is 2.00. The van der Waals surface area contributed by atoms with E-state index in [9.17, 15) is 4.79 Å². The third kappa shape index (κ3) is 1.31. The molecule has 0 aromatic carbocycles. The Balaban J connectivity index is 2.64. The minimum atomic E-state index is -0.500. The van der Waals surface area contributed by atoms with Crippen LogP contribution in [-0.2, 0) is 4.74 Å². The molecule has 0 spiro atoms. The second kappa shape index (κ2) is 3.26. The summed E-state index contributed by atoms with van der Waals surface area (Å²) >= 11 is 5.67. The number of fused-ring (bicyclic) bond motifs is 1. The molecule has 0 bridgehead atoms. The van der Waals surface area contributed by atoms with Gasteiger partial charge in [0.1, 0.15) is 5.15 Å². The fourth-order valence-electron chi connectivity index (χ4n) is 1.14. The number of nitrogens with zero attached hydrogens (tertiary/aromatic N) is 2. The number of rotatable bonds is 1. The number of hydrogen-bond acceptors (Lipinski definition) is 4. The molecule has 0 saturated heterocycles. The van der Waals surface area contributed by atoms with Gasteiger partial charge in [0, 0.05) is 12.3 Å². The molecule has 72 valence electrons. The van der Waals surface area contributed by atoms with E-state index in [0.29, 0.717) is 16.1 Å². The van der Waals surface area contributed by atoms with Crippen molar-refractivity contribution in [3.63, 3.8) is 0 Å². The highest BCUT2D eigenvalue weighted by molar-refractivity contribution is 6.30. The molecule has 0 aliphatic carbocycles. The smallest absolute Gasteiger partial charge is 0.359 e. The van der Waals surface area contributed by atoms with Crippen molar-refractivity contribution in [3.05, 3.63) is 23.1 Å². The molecule has 0 aliphatic heterocycles. The Kier molecular flexibility index (Phi) is 2.09. The maximum atomic E-state index is 11.2. The number of ether oxygens (including phenoxy) is 1. The van der Waals surface area contributed by atoms with Gasteiger partial charge in [-0.15, -0.1) is 0 Å². The lowest BCUT2D eigenvalue weighted by Crippen LogP contribution is -2.01. The summed E-state index contributed by atoms with van der Waals surface area (Å²) in [5.41, 5.74) is 0.872. The molecule has 2 rings (SSSR count). The van der Waals surface area contributed by atoms with Gasteiger partial charge in [-0.3, -0.25) is 5.10 Å². The zero-order valence-electron chi connectivity index (χ0n) is 7.24. The average Bonchev–Trinajstić information content (AvgIpc) is 2.59. The van der Waals surface area contributed by atoms with Crippen molar-refractivity contribution in [1.29, 1.82) is 0 Å². The van der Waals surface area contributed by atoms with Gasteiger partial charge in [-0.25, -0.2) is 9.78 Å². The molecular weight excluding hydrogens is 206 g/mol. The number of carbonyl (C=O) groups excluding carboxylic acids is 1. The summed E-state index contributed by atoms with van der Waals surface area (Å²) < 4.78 is 4.55. The van der Waals surface area contributed by atoms with E-state index in [1.165, 1.54) is 13.3 Å². The normalized spacial score (nSPS) is 10.4. The highest BCUT2D eigenvalue weighted by atomic mass is 35.5. The molecule has 2 aromatic rings. The van der Waals surface area contributed by atoms with Crippen LogP contribution in [0.1, 0.15) is 10.5 Å². The number of nitrogens with one attached hydrogen (secondary N) is 1. The van der Waals surface area contributed by atoms with Gasteiger partial charge in [-0.1, -0.05) is 11.6 Å². The zero-order chi connectivity index (χ0) is 10.1. The Morgan fingerprint density at radius 2 is 2.43 bits per heavy atom. The van der Waals surface area contributed by atoms with Crippen LogP contribution in [0.5, 0.6) is 0 Å². The van der Waals surface area contributed by atoms with E-state index in [0.717, 1.165) is 0 Å². The molecule has 2 aromatic heterocycles. The summed E-state index contributed by atoms with van der Waals surface area (Å²) in [4.78, 5) is 15.1. The molecule has 5 nitrogen and oxygen atoms in total. The third-order valence-electron chi connectivity index (χ3n) is 1.79. The number of aromatic nitrogens is 3. The first-order valence-electron chi connectivity index (χ1n) is 3.80. The van der Waals surface area contributed by atoms with Crippen molar-refractivity contribution >= 4 is 28.5 Å². The Morgan fingerprint density at radius 1 is 1.64 bits per heavy atom. The monoisotopic (exact) mass is 211 g/mol. The van der Waals surface area contributed by atoms with E-state index in [-0.39, 0.29) is 5.69 Å². The van der Waals surface area contributed by atoms with Crippen molar-refractivity contribution in [1.82, 2.24) is 15.2 Å². The Bertz CT molecular complexity index is 494. The zero-order valence-corrected chi connectivity index (χ0v) is 8.00. The van der Waals surface area contributed by atoms with Crippen LogP contribution in [0.2, 0.25) is 5.15 Å². The molecule has 0 unspecified atom stereocenters. The first-order valence-corrected chi connectivity index (χ1v) is 4.18. The van der Waals surface area contributed by atoms with Crippen molar-refractivity contribution in [2.45, 2.75) is 0 Å². The van der Waals surface area contributed by atoms with Crippen LogP contribution in [0.15, 0.2) is 12.3 Å². The highest BCUT2D eigenvalue weighted by Gasteiger charge is 2.14. The molecule has 0 aliphatic rings. The fraction of sp³-hybridized carbons (Fsp3) is 0.125. The van der Waals surface area contributed by atoms with Gasteiger partial charge in [0.15, 0.2) is 5.69 Å². The number of H-pyrrole nitrogens is 1. The van der Waals surface area contributed by atoms with Crippen molar-refractivity contribution < 1.29 is 9.53 Å². The van der Waals surface area contributed by atoms with Crippen LogP contribution in [0.3, 0.4) is 0 Å². The predicted molar refractivity (Wildman–Crippen MR) is 50.2 cm³/mol. The van der Waals surface area contributed by atoms with Crippen molar-refractivity contribution in [3.8, 4) is 0 Å². The Morgan fingerprint density at radius 3 is 3.14 bits per heavy atom.